The van der Waals surface area contributed by atoms with E-state index in [2.05, 4.69) is 0 Å². The van der Waals surface area contributed by atoms with Crippen LogP contribution >= 0.6 is 12.2 Å². The summed E-state index contributed by atoms with van der Waals surface area (Å²) in [6.07, 6.45) is 0. The van der Waals surface area contributed by atoms with Crippen molar-refractivity contribution in [1.82, 2.24) is 0 Å². The van der Waals surface area contributed by atoms with Crippen LogP contribution in [0.25, 0.3) is 0 Å². The van der Waals surface area contributed by atoms with E-state index in [1.807, 2.05) is 6.92 Å². The van der Waals surface area contributed by atoms with E-state index >= 15 is 0 Å². The van der Waals surface area contributed by atoms with Gasteiger partial charge in [0.05, 0.1) is 6.61 Å². The van der Waals surface area contributed by atoms with Crippen molar-refractivity contribution in [2.75, 3.05) is 6.61 Å². The molecular formula is C10H12FNOS. The number of thiocarbonyl (C=S) groups is 1. The lowest BCUT2D eigenvalue weighted by molar-refractivity contribution is 0.134. The van der Waals surface area contributed by atoms with Gasteiger partial charge >= 0.3 is 0 Å². The SMILES string of the molecule is CCOCc1cc(F)cc(C(N)=S)c1. The summed E-state index contributed by atoms with van der Waals surface area (Å²) in [5, 5.41) is 0. The molecule has 1 aromatic carbocycles. The fraction of sp³-hybridized carbons (Fsp3) is 0.300. The molecule has 0 aliphatic carbocycles. The number of hydrogen-bond acceptors (Lipinski definition) is 2. The molecule has 1 rings (SSSR count). The number of benzene rings is 1. The van der Waals surface area contributed by atoms with Crippen LogP contribution in [0.15, 0.2) is 18.2 Å². The van der Waals surface area contributed by atoms with Crippen LogP contribution in [0.5, 0.6) is 0 Å². The quantitative estimate of drug-likeness (QED) is 0.777. The highest BCUT2D eigenvalue weighted by Gasteiger charge is 2.02. The Morgan fingerprint density at radius 1 is 1.50 bits per heavy atom. The summed E-state index contributed by atoms with van der Waals surface area (Å²) >= 11 is 4.76. The van der Waals surface area contributed by atoms with Crippen molar-refractivity contribution in [1.29, 1.82) is 0 Å². The standard InChI is InChI=1S/C10H12FNOS/c1-2-13-6-7-3-8(10(12)14)5-9(11)4-7/h3-5H,2,6H2,1H3,(H2,12,14). The summed E-state index contributed by atoms with van der Waals surface area (Å²) in [5.74, 6) is -0.343. The fourth-order valence-corrected chi connectivity index (χ4v) is 1.21. The molecule has 0 saturated carbocycles. The second kappa shape index (κ2) is 5.02. The van der Waals surface area contributed by atoms with Crippen molar-refractivity contribution in [3.05, 3.63) is 35.1 Å². The second-order valence-corrected chi connectivity index (χ2v) is 3.29. The number of ether oxygens (including phenoxy) is 1. The molecule has 0 aliphatic heterocycles. The molecule has 14 heavy (non-hydrogen) atoms. The van der Waals surface area contributed by atoms with Crippen molar-refractivity contribution >= 4 is 17.2 Å². The van der Waals surface area contributed by atoms with Crippen LogP contribution in [0.3, 0.4) is 0 Å². The molecule has 0 spiro atoms. The van der Waals surface area contributed by atoms with Crippen molar-refractivity contribution in [3.8, 4) is 0 Å². The van der Waals surface area contributed by atoms with Gasteiger partial charge in [0.2, 0.25) is 0 Å². The molecule has 0 aromatic heterocycles. The summed E-state index contributed by atoms with van der Waals surface area (Å²) in [4.78, 5) is 0.197. The molecule has 0 atom stereocenters. The van der Waals surface area contributed by atoms with Gasteiger partial charge in [0.25, 0.3) is 0 Å². The first kappa shape index (κ1) is 11.1. The van der Waals surface area contributed by atoms with Crippen molar-refractivity contribution in [2.24, 2.45) is 5.73 Å². The topological polar surface area (TPSA) is 35.2 Å². The molecule has 0 radical (unpaired) electrons. The van der Waals surface area contributed by atoms with E-state index in [4.69, 9.17) is 22.7 Å². The van der Waals surface area contributed by atoms with Gasteiger partial charge in [0.1, 0.15) is 10.8 Å². The molecule has 2 nitrogen and oxygen atoms in total. The van der Waals surface area contributed by atoms with Crippen molar-refractivity contribution in [3.63, 3.8) is 0 Å². The first-order chi connectivity index (χ1) is 6.63. The van der Waals surface area contributed by atoms with Gasteiger partial charge in [-0.05, 0) is 30.7 Å². The van der Waals surface area contributed by atoms with Gasteiger partial charge in [0, 0.05) is 12.2 Å². The predicted octanol–water partition coefficient (Wildman–Crippen LogP) is 2.00. The molecule has 0 aliphatic rings. The third-order valence-electron chi connectivity index (χ3n) is 1.71. The van der Waals surface area contributed by atoms with E-state index in [1.165, 1.54) is 12.1 Å². The summed E-state index contributed by atoms with van der Waals surface area (Å²) in [6, 6.07) is 4.47. The molecule has 2 N–H and O–H groups in total. The molecule has 4 heteroatoms. The first-order valence-electron chi connectivity index (χ1n) is 4.30. The van der Waals surface area contributed by atoms with Crippen LogP contribution in [0.1, 0.15) is 18.1 Å². The molecule has 0 bridgehead atoms. The zero-order valence-corrected chi connectivity index (χ0v) is 8.73. The lowest BCUT2D eigenvalue weighted by atomic mass is 10.1. The fourth-order valence-electron chi connectivity index (χ4n) is 1.10. The smallest absolute Gasteiger partial charge is 0.124 e. The van der Waals surface area contributed by atoms with E-state index < -0.39 is 0 Å². The molecular weight excluding hydrogens is 201 g/mol. The molecule has 0 fully saturated rings. The minimum Gasteiger partial charge on any atom is -0.389 e. The maximum atomic E-state index is 13.0. The Balaban J connectivity index is 2.89. The average Bonchev–Trinajstić information content (AvgIpc) is 2.14. The molecule has 0 heterocycles. The normalized spacial score (nSPS) is 10.1. The van der Waals surface area contributed by atoms with Crippen molar-refractivity contribution in [2.45, 2.75) is 13.5 Å². The summed E-state index contributed by atoms with van der Waals surface area (Å²) in [7, 11) is 0. The molecule has 1 aromatic rings. The Kier molecular flexibility index (Phi) is 3.98. The molecule has 0 amide bonds. The Labute approximate surface area is 87.9 Å². The van der Waals surface area contributed by atoms with Gasteiger partial charge < -0.3 is 10.5 Å². The summed E-state index contributed by atoms with van der Waals surface area (Å²) in [6.45, 7) is 2.86. The van der Waals surface area contributed by atoms with E-state index in [-0.39, 0.29) is 10.8 Å². The number of hydrogen-bond donors (Lipinski definition) is 1. The maximum absolute atomic E-state index is 13.0. The first-order valence-corrected chi connectivity index (χ1v) is 4.71. The van der Waals surface area contributed by atoms with Gasteiger partial charge in [-0.2, -0.15) is 0 Å². The monoisotopic (exact) mass is 213 g/mol. The van der Waals surface area contributed by atoms with Crippen LogP contribution in [0, 0.1) is 5.82 Å². The molecule has 76 valence electrons. The number of nitrogens with two attached hydrogens (primary N) is 1. The number of halogens is 1. The summed E-state index contributed by atoms with van der Waals surface area (Å²) in [5.41, 5.74) is 6.69. The highest BCUT2D eigenvalue weighted by Crippen LogP contribution is 2.10. The zero-order valence-electron chi connectivity index (χ0n) is 7.92. The highest BCUT2D eigenvalue weighted by molar-refractivity contribution is 7.80. The van der Waals surface area contributed by atoms with Gasteiger partial charge in [0.15, 0.2) is 0 Å². The lowest BCUT2D eigenvalue weighted by Crippen LogP contribution is -2.10. The Bertz CT molecular complexity index is 341. The second-order valence-electron chi connectivity index (χ2n) is 2.85. The summed E-state index contributed by atoms with van der Waals surface area (Å²) < 4.78 is 18.2. The van der Waals surface area contributed by atoms with Crippen LogP contribution in [-0.2, 0) is 11.3 Å². The molecule has 0 unspecified atom stereocenters. The Hall–Kier alpha value is -1.00. The lowest BCUT2D eigenvalue weighted by Gasteiger charge is -2.04. The van der Waals surface area contributed by atoms with E-state index in [0.717, 1.165) is 5.56 Å². The van der Waals surface area contributed by atoms with Gasteiger partial charge in [-0.15, -0.1) is 0 Å². The average molecular weight is 213 g/mol. The third kappa shape index (κ3) is 3.05. The Morgan fingerprint density at radius 2 is 2.21 bits per heavy atom. The van der Waals surface area contributed by atoms with Gasteiger partial charge in [-0.25, -0.2) is 4.39 Å². The Morgan fingerprint density at radius 3 is 2.79 bits per heavy atom. The van der Waals surface area contributed by atoms with E-state index in [1.54, 1.807) is 6.07 Å². The van der Waals surface area contributed by atoms with Crippen LogP contribution in [0.4, 0.5) is 4.39 Å². The van der Waals surface area contributed by atoms with Crippen LogP contribution in [-0.4, -0.2) is 11.6 Å². The zero-order chi connectivity index (χ0) is 10.6. The predicted molar refractivity (Wildman–Crippen MR) is 57.6 cm³/mol. The minimum atomic E-state index is -0.343. The van der Waals surface area contributed by atoms with Gasteiger partial charge in [-0.3, -0.25) is 0 Å². The third-order valence-corrected chi connectivity index (χ3v) is 1.95. The van der Waals surface area contributed by atoms with Crippen LogP contribution in [0.2, 0.25) is 0 Å². The minimum absolute atomic E-state index is 0.197. The largest absolute Gasteiger partial charge is 0.389 e. The van der Waals surface area contributed by atoms with Crippen LogP contribution < -0.4 is 5.73 Å². The van der Waals surface area contributed by atoms with Crippen molar-refractivity contribution < 1.29 is 9.13 Å². The number of rotatable bonds is 4. The molecule has 0 saturated heterocycles. The van der Waals surface area contributed by atoms with E-state index in [9.17, 15) is 4.39 Å². The van der Waals surface area contributed by atoms with Gasteiger partial charge in [-0.1, -0.05) is 12.2 Å². The van der Waals surface area contributed by atoms with E-state index in [0.29, 0.717) is 18.8 Å². The maximum Gasteiger partial charge on any atom is 0.124 e. The highest BCUT2D eigenvalue weighted by atomic mass is 32.1.